The van der Waals surface area contributed by atoms with Crippen LogP contribution in [-0.4, -0.2) is 0 Å². The summed E-state index contributed by atoms with van der Waals surface area (Å²) in [6, 6.07) is 11.2. The van der Waals surface area contributed by atoms with Crippen LogP contribution in [0.4, 0.5) is 0 Å². The first-order valence-corrected chi connectivity index (χ1v) is 3.53. The van der Waals surface area contributed by atoms with Gasteiger partial charge in [0, 0.05) is 6.08 Å². The van der Waals surface area contributed by atoms with Crippen LogP contribution >= 0.6 is 11.6 Å². The molecule has 0 N–H and O–H groups in total. The average molecular weight is 164 g/mol. The van der Waals surface area contributed by atoms with E-state index in [0.29, 0.717) is 5.03 Å². The van der Waals surface area contributed by atoms with E-state index < -0.39 is 0 Å². The fourth-order valence-corrected chi connectivity index (χ4v) is 0.912. The van der Waals surface area contributed by atoms with E-state index >= 15 is 0 Å². The summed E-state index contributed by atoms with van der Waals surface area (Å²) >= 11 is 5.74. The minimum atomic E-state index is 0.480. The second kappa shape index (κ2) is 3.80. The SMILES string of the molecule is N#C/C=C(/Cl)c1ccccc1. The molecule has 0 aliphatic carbocycles. The Balaban J connectivity index is 2.96. The second-order valence-electron chi connectivity index (χ2n) is 1.99. The fourth-order valence-electron chi connectivity index (χ4n) is 0.737. The van der Waals surface area contributed by atoms with Gasteiger partial charge in [-0.05, 0) is 5.56 Å². The van der Waals surface area contributed by atoms with Gasteiger partial charge in [0.05, 0.1) is 11.1 Å². The molecular weight excluding hydrogens is 158 g/mol. The summed E-state index contributed by atoms with van der Waals surface area (Å²) in [6.45, 7) is 0. The molecule has 2 heteroatoms. The van der Waals surface area contributed by atoms with Crippen molar-refractivity contribution in [3.8, 4) is 6.07 Å². The van der Waals surface area contributed by atoms with Gasteiger partial charge in [0.15, 0.2) is 0 Å². The summed E-state index contributed by atoms with van der Waals surface area (Å²) in [5.41, 5.74) is 0.871. The molecule has 0 aliphatic heterocycles. The topological polar surface area (TPSA) is 23.8 Å². The third-order valence-corrected chi connectivity index (χ3v) is 1.57. The standard InChI is InChI=1S/C9H6ClN/c10-9(6-7-11)8-4-2-1-3-5-8/h1-6H/b9-6+. The van der Waals surface area contributed by atoms with Crippen molar-refractivity contribution < 1.29 is 0 Å². The third kappa shape index (κ3) is 2.10. The number of hydrogen-bond donors (Lipinski definition) is 0. The highest BCUT2D eigenvalue weighted by Gasteiger charge is 1.93. The fraction of sp³-hybridized carbons (Fsp3) is 0. The maximum absolute atomic E-state index is 8.29. The Bertz CT molecular complexity index is 295. The molecule has 1 aromatic rings. The molecule has 1 aromatic carbocycles. The highest BCUT2D eigenvalue weighted by molar-refractivity contribution is 6.48. The molecule has 54 valence electrons. The van der Waals surface area contributed by atoms with Crippen LogP contribution in [0.5, 0.6) is 0 Å². The molecule has 0 aliphatic rings. The van der Waals surface area contributed by atoms with E-state index in [1.807, 2.05) is 36.4 Å². The molecule has 0 amide bonds. The largest absolute Gasteiger partial charge is 0.193 e. The molecule has 1 rings (SSSR count). The van der Waals surface area contributed by atoms with Crippen LogP contribution in [0.3, 0.4) is 0 Å². The summed E-state index contributed by atoms with van der Waals surface area (Å²) in [5.74, 6) is 0. The highest BCUT2D eigenvalue weighted by atomic mass is 35.5. The Morgan fingerprint density at radius 3 is 2.55 bits per heavy atom. The van der Waals surface area contributed by atoms with Crippen LogP contribution in [-0.2, 0) is 0 Å². The number of rotatable bonds is 1. The number of hydrogen-bond acceptors (Lipinski definition) is 1. The molecule has 0 saturated heterocycles. The lowest BCUT2D eigenvalue weighted by molar-refractivity contribution is 1.53. The van der Waals surface area contributed by atoms with Crippen molar-refractivity contribution in [2.45, 2.75) is 0 Å². The van der Waals surface area contributed by atoms with Crippen molar-refractivity contribution in [2.75, 3.05) is 0 Å². The summed E-state index contributed by atoms with van der Waals surface area (Å²) in [7, 11) is 0. The Hall–Kier alpha value is -1.26. The molecule has 0 saturated carbocycles. The lowest BCUT2D eigenvalue weighted by Crippen LogP contribution is -1.73. The third-order valence-electron chi connectivity index (χ3n) is 1.24. The monoisotopic (exact) mass is 163 g/mol. The summed E-state index contributed by atoms with van der Waals surface area (Å²) in [6.07, 6.45) is 1.32. The maximum Gasteiger partial charge on any atom is 0.0927 e. The minimum absolute atomic E-state index is 0.480. The van der Waals surface area contributed by atoms with Crippen molar-refractivity contribution in [3.63, 3.8) is 0 Å². The zero-order valence-corrected chi connectivity index (χ0v) is 6.55. The van der Waals surface area contributed by atoms with Crippen molar-refractivity contribution in [1.82, 2.24) is 0 Å². The van der Waals surface area contributed by atoms with Gasteiger partial charge in [0.1, 0.15) is 0 Å². The highest BCUT2D eigenvalue weighted by Crippen LogP contribution is 2.16. The number of allylic oxidation sites excluding steroid dienone is 1. The molecule has 1 nitrogen and oxygen atoms in total. The van der Waals surface area contributed by atoms with E-state index in [1.54, 1.807) is 0 Å². The Labute approximate surface area is 70.5 Å². The zero-order chi connectivity index (χ0) is 8.10. The molecule has 0 atom stereocenters. The second-order valence-corrected chi connectivity index (χ2v) is 2.39. The molecule has 0 fully saturated rings. The van der Waals surface area contributed by atoms with Crippen LogP contribution in [0.2, 0.25) is 0 Å². The van der Waals surface area contributed by atoms with E-state index in [-0.39, 0.29) is 0 Å². The van der Waals surface area contributed by atoms with Crippen LogP contribution in [0.1, 0.15) is 5.56 Å². The van der Waals surface area contributed by atoms with Crippen molar-refractivity contribution in [2.24, 2.45) is 0 Å². The van der Waals surface area contributed by atoms with E-state index in [1.165, 1.54) is 6.08 Å². The molecule has 0 bridgehead atoms. The number of halogens is 1. The van der Waals surface area contributed by atoms with Crippen LogP contribution in [0.25, 0.3) is 5.03 Å². The predicted molar refractivity (Wildman–Crippen MR) is 45.9 cm³/mol. The maximum atomic E-state index is 8.29. The summed E-state index contributed by atoms with van der Waals surface area (Å²) in [5, 5.41) is 8.77. The molecule has 0 spiro atoms. The van der Waals surface area contributed by atoms with Gasteiger partial charge in [-0.25, -0.2) is 0 Å². The minimum Gasteiger partial charge on any atom is -0.193 e. The van der Waals surface area contributed by atoms with E-state index in [4.69, 9.17) is 16.9 Å². The van der Waals surface area contributed by atoms with E-state index in [9.17, 15) is 0 Å². The van der Waals surface area contributed by atoms with E-state index in [0.717, 1.165) is 5.56 Å². The lowest BCUT2D eigenvalue weighted by Gasteiger charge is -1.93. The summed E-state index contributed by atoms with van der Waals surface area (Å²) in [4.78, 5) is 0. The normalized spacial score (nSPS) is 10.7. The zero-order valence-electron chi connectivity index (χ0n) is 5.79. The van der Waals surface area contributed by atoms with Crippen molar-refractivity contribution in [3.05, 3.63) is 42.0 Å². The first kappa shape index (κ1) is 7.84. The number of benzene rings is 1. The smallest absolute Gasteiger partial charge is 0.0927 e. The quantitative estimate of drug-likeness (QED) is 0.584. The molecule has 0 heterocycles. The van der Waals surface area contributed by atoms with E-state index in [2.05, 4.69) is 0 Å². The van der Waals surface area contributed by atoms with Gasteiger partial charge >= 0.3 is 0 Å². The van der Waals surface area contributed by atoms with Gasteiger partial charge in [-0.1, -0.05) is 41.9 Å². The molecule has 0 aromatic heterocycles. The van der Waals surface area contributed by atoms with Gasteiger partial charge in [-0.3, -0.25) is 0 Å². The van der Waals surface area contributed by atoms with Crippen LogP contribution in [0.15, 0.2) is 36.4 Å². The average Bonchev–Trinajstić information content (AvgIpc) is 2.07. The van der Waals surface area contributed by atoms with Gasteiger partial charge in [-0.2, -0.15) is 5.26 Å². The predicted octanol–water partition coefficient (Wildman–Crippen LogP) is 2.79. The first-order chi connectivity index (χ1) is 5.34. The lowest BCUT2D eigenvalue weighted by atomic mass is 10.2. The van der Waals surface area contributed by atoms with Crippen molar-refractivity contribution >= 4 is 16.6 Å². The van der Waals surface area contributed by atoms with Crippen LogP contribution < -0.4 is 0 Å². The van der Waals surface area contributed by atoms with Gasteiger partial charge in [-0.15, -0.1) is 0 Å². The Kier molecular flexibility index (Phi) is 2.71. The van der Waals surface area contributed by atoms with Crippen molar-refractivity contribution in [1.29, 1.82) is 5.26 Å². The molecular formula is C9H6ClN. The van der Waals surface area contributed by atoms with Gasteiger partial charge in [0.2, 0.25) is 0 Å². The molecule has 0 radical (unpaired) electrons. The van der Waals surface area contributed by atoms with Gasteiger partial charge < -0.3 is 0 Å². The Morgan fingerprint density at radius 2 is 2.00 bits per heavy atom. The van der Waals surface area contributed by atoms with Crippen LogP contribution in [0, 0.1) is 11.3 Å². The number of nitriles is 1. The summed E-state index contributed by atoms with van der Waals surface area (Å²) < 4.78 is 0. The van der Waals surface area contributed by atoms with Gasteiger partial charge in [0.25, 0.3) is 0 Å². The Morgan fingerprint density at radius 1 is 1.36 bits per heavy atom. The number of nitrogens with zero attached hydrogens (tertiary/aromatic N) is 1. The first-order valence-electron chi connectivity index (χ1n) is 3.15. The molecule has 0 unspecified atom stereocenters. The molecule has 11 heavy (non-hydrogen) atoms.